The molecule has 0 bridgehead atoms. The third-order valence-electron chi connectivity index (χ3n) is 3.41. The Morgan fingerprint density at radius 2 is 1.67 bits per heavy atom. The number of rotatable bonds is 5. The first kappa shape index (κ1) is 18.5. The van der Waals surface area contributed by atoms with E-state index in [-0.39, 0.29) is 16.3 Å². The molecule has 24 heavy (non-hydrogen) atoms. The number of alkyl halides is 6. The number of hydrogen-bond donors (Lipinski definition) is 1. The summed E-state index contributed by atoms with van der Waals surface area (Å²) in [6.45, 7) is 0. The molecule has 0 fully saturated rings. The Hall–Kier alpha value is -1.81. The zero-order valence-corrected chi connectivity index (χ0v) is 12.5. The normalized spacial score (nSPS) is 13.7. The van der Waals surface area contributed by atoms with Crippen molar-refractivity contribution in [1.29, 1.82) is 0 Å². The minimum atomic E-state index is -5.51. The molecule has 2 aromatic rings. The van der Waals surface area contributed by atoms with E-state index in [2.05, 4.69) is 0 Å². The van der Waals surface area contributed by atoms with Crippen molar-refractivity contribution in [3.8, 4) is 0 Å². The molecule has 2 rings (SSSR count). The summed E-state index contributed by atoms with van der Waals surface area (Å²) in [6.07, 6.45) is -6.19. The minimum Gasteiger partial charge on any atom is -0.282 e. The maximum absolute atomic E-state index is 13.6. The summed E-state index contributed by atoms with van der Waals surface area (Å²) >= 11 is 0. The van der Waals surface area contributed by atoms with Gasteiger partial charge >= 0.3 is 18.3 Å². The van der Waals surface area contributed by atoms with Gasteiger partial charge in [-0.1, -0.05) is 24.3 Å². The monoisotopic (exact) mass is 372 g/mol. The second kappa shape index (κ2) is 5.92. The van der Waals surface area contributed by atoms with Gasteiger partial charge in [-0.3, -0.25) is 4.55 Å². The number of hydrogen-bond acceptors (Lipinski definition) is 2. The number of fused-ring (bicyclic) bond motifs is 1. The van der Waals surface area contributed by atoms with Gasteiger partial charge in [0.1, 0.15) is 0 Å². The van der Waals surface area contributed by atoms with Crippen molar-refractivity contribution in [3.63, 3.8) is 0 Å². The first-order valence-corrected chi connectivity index (χ1v) is 7.83. The quantitative estimate of drug-likeness (QED) is 0.633. The van der Waals surface area contributed by atoms with Crippen LogP contribution in [0, 0.1) is 0 Å². The summed E-state index contributed by atoms with van der Waals surface area (Å²) in [7, 11) is -4.54. The molecular weight excluding hydrogens is 362 g/mol. The predicted molar refractivity (Wildman–Crippen MR) is 73.4 cm³/mol. The standard InChI is InChI=1S/C14H10F6O3S/c15-12(16)14(19,20)13(17,18)7-9-3-1-2-8-6-10(24(21,22)23)4-5-11(8)9/h1-6,12H,7H2,(H,21,22,23). The summed E-state index contributed by atoms with van der Waals surface area (Å²) in [4.78, 5) is -0.517. The molecule has 0 atom stereocenters. The van der Waals surface area contributed by atoms with Crippen LogP contribution in [0.15, 0.2) is 41.3 Å². The fraction of sp³-hybridized carbons (Fsp3) is 0.286. The van der Waals surface area contributed by atoms with Gasteiger partial charge in [0.25, 0.3) is 10.1 Å². The van der Waals surface area contributed by atoms with Crippen LogP contribution in [-0.4, -0.2) is 31.2 Å². The lowest BCUT2D eigenvalue weighted by molar-refractivity contribution is -0.262. The van der Waals surface area contributed by atoms with Gasteiger partial charge in [0.05, 0.1) is 4.90 Å². The fourth-order valence-electron chi connectivity index (χ4n) is 2.16. The SMILES string of the molecule is O=S(=O)(O)c1ccc2c(CC(F)(F)C(F)(F)C(F)F)cccc2c1. The van der Waals surface area contributed by atoms with E-state index in [9.17, 15) is 34.8 Å². The van der Waals surface area contributed by atoms with E-state index in [0.29, 0.717) is 0 Å². The third-order valence-corrected chi connectivity index (χ3v) is 4.26. The Morgan fingerprint density at radius 1 is 1.04 bits per heavy atom. The maximum atomic E-state index is 13.6. The van der Waals surface area contributed by atoms with Gasteiger partial charge in [0, 0.05) is 6.42 Å². The molecule has 0 spiro atoms. The van der Waals surface area contributed by atoms with Crippen LogP contribution in [0.4, 0.5) is 26.3 Å². The lowest BCUT2D eigenvalue weighted by Crippen LogP contribution is -2.47. The molecule has 0 amide bonds. The van der Waals surface area contributed by atoms with Crippen LogP contribution in [0.25, 0.3) is 10.8 Å². The van der Waals surface area contributed by atoms with Crippen LogP contribution in [0.2, 0.25) is 0 Å². The van der Waals surface area contributed by atoms with Crippen molar-refractivity contribution in [2.24, 2.45) is 0 Å². The lowest BCUT2D eigenvalue weighted by atomic mass is 9.97. The summed E-state index contributed by atoms with van der Waals surface area (Å²) in [5.41, 5.74) is -0.361. The number of halogens is 6. The Balaban J connectivity index is 2.51. The molecule has 0 aliphatic heterocycles. The van der Waals surface area contributed by atoms with E-state index in [1.54, 1.807) is 0 Å². The average Bonchev–Trinajstić information content (AvgIpc) is 2.45. The topological polar surface area (TPSA) is 54.4 Å². The lowest BCUT2D eigenvalue weighted by Gasteiger charge is -2.26. The molecule has 1 N–H and O–H groups in total. The van der Waals surface area contributed by atoms with Crippen LogP contribution >= 0.6 is 0 Å². The van der Waals surface area contributed by atoms with Gasteiger partial charge in [0.15, 0.2) is 0 Å². The second-order valence-electron chi connectivity index (χ2n) is 5.08. The molecule has 10 heteroatoms. The van der Waals surface area contributed by atoms with Crippen LogP contribution in [-0.2, 0) is 16.5 Å². The molecule has 0 aliphatic rings. The average molecular weight is 372 g/mol. The Kier molecular flexibility index (Phi) is 4.57. The Morgan fingerprint density at radius 3 is 2.21 bits per heavy atom. The van der Waals surface area contributed by atoms with Crippen LogP contribution < -0.4 is 0 Å². The van der Waals surface area contributed by atoms with E-state index in [1.807, 2.05) is 0 Å². The highest BCUT2D eigenvalue weighted by Crippen LogP contribution is 2.42. The first-order valence-electron chi connectivity index (χ1n) is 6.39. The largest absolute Gasteiger partial charge is 0.369 e. The molecule has 0 unspecified atom stereocenters. The smallest absolute Gasteiger partial charge is 0.282 e. The van der Waals surface area contributed by atoms with Gasteiger partial charge in [-0.05, 0) is 28.5 Å². The highest BCUT2D eigenvalue weighted by Gasteiger charge is 2.62. The van der Waals surface area contributed by atoms with Gasteiger partial charge < -0.3 is 0 Å². The molecular formula is C14H10F6O3S. The van der Waals surface area contributed by atoms with E-state index < -0.39 is 39.7 Å². The van der Waals surface area contributed by atoms with Gasteiger partial charge in [-0.15, -0.1) is 0 Å². The van der Waals surface area contributed by atoms with Crippen LogP contribution in [0.1, 0.15) is 5.56 Å². The third kappa shape index (κ3) is 3.34. The summed E-state index contributed by atoms with van der Waals surface area (Å²) in [5, 5.41) is 0.0495. The van der Waals surface area contributed by atoms with Crippen LogP contribution in [0.5, 0.6) is 0 Å². The van der Waals surface area contributed by atoms with Crippen molar-refractivity contribution < 1.29 is 39.3 Å². The van der Waals surface area contributed by atoms with Gasteiger partial charge in [-0.25, -0.2) is 8.78 Å². The first-order chi connectivity index (χ1) is 10.9. The molecule has 0 saturated carbocycles. The predicted octanol–water partition coefficient (Wildman–Crippen LogP) is 4.16. The minimum absolute atomic E-state index is 0.0189. The second-order valence-corrected chi connectivity index (χ2v) is 6.50. The van der Waals surface area contributed by atoms with Crippen molar-refractivity contribution in [1.82, 2.24) is 0 Å². The van der Waals surface area contributed by atoms with Gasteiger partial charge in [0.2, 0.25) is 0 Å². The molecule has 0 saturated heterocycles. The molecule has 2 aromatic carbocycles. The summed E-state index contributed by atoms with van der Waals surface area (Å²) in [5.74, 6) is -10.5. The molecule has 0 radical (unpaired) electrons. The van der Waals surface area contributed by atoms with Gasteiger partial charge in [-0.2, -0.15) is 26.0 Å². The molecule has 0 heterocycles. The Labute approximate surface area is 132 Å². The van der Waals surface area contributed by atoms with E-state index >= 15 is 0 Å². The fourth-order valence-corrected chi connectivity index (χ4v) is 2.68. The summed E-state index contributed by atoms with van der Waals surface area (Å²) < 4.78 is 109. The van der Waals surface area contributed by atoms with E-state index in [1.165, 1.54) is 12.1 Å². The van der Waals surface area contributed by atoms with Crippen molar-refractivity contribution in [2.75, 3.05) is 0 Å². The molecule has 132 valence electrons. The summed E-state index contributed by atoms with van der Waals surface area (Å²) in [6, 6.07) is 6.41. The molecule has 3 nitrogen and oxygen atoms in total. The van der Waals surface area contributed by atoms with Crippen molar-refractivity contribution >= 4 is 20.9 Å². The van der Waals surface area contributed by atoms with Crippen molar-refractivity contribution in [3.05, 3.63) is 42.0 Å². The van der Waals surface area contributed by atoms with E-state index in [0.717, 1.165) is 24.3 Å². The maximum Gasteiger partial charge on any atom is 0.369 e. The van der Waals surface area contributed by atoms with Crippen LogP contribution in [0.3, 0.4) is 0 Å². The van der Waals surface area contributed by atoms with E-state index in [4.69, 9.17) is 4.55 Å². The highest BCUT2D eigenvalue weighted by atomic mass is 32.2. The Bertz CT molecular complexity index is 864. The zero-order chi connectivity index (χ0) is 18.3. The highest BCUT2D eigenvalue weighted by molar-refractivity contribution is 7.85. The zero-order valence-electron chi connectivity index (χ0n) is 11.7. The number of benzene rings is 2. The molecule has 0 aliphatic carbocycles. The molecule has 0 aromatic heterocycles. The van der Waals surface area contributed by atoms with Crippen molar-refractivity contribution in [2.45, 2.75) is 29.6 Å².